The Morgan fingerprint density at radius 3 is 2.86 bits per heavy atom. The minimum Gasteiger partial charge on any atom is -0.378 e. The van der Waals surface area contributed by atoms with Crippen molar-refractivity contribution in [2.24, 2.45) is 0 Å². The van der Waals surface area contributed by atoms with Crippen LogP contribution in [0.15, 0.2) is 6.07 Å². The molecule has 116 valence electrons. The topological polar surface area (TPSA) is 50.3 Å². The van der Waals surface area contributed by atoms with Crippen molar-refractivity contribution in [3.63, 3.8) is 0 Å². The number of ether oxygens (including phenoxy) is 1. The number of rotatable bonds is 5. The highest BCUT2D eigenvalue weighted by atomic mass is 16.5. The van der Waals surface area contributed by atoms with Gasteiger partial charge in [-0.1, -0.05) is 13.3 Å². The van der Waals surface area contributed by atoms with Crippen LogP contribution in [0.3, 0.4) is 0 Å². The summed E-state index contributed by atoms with van der Waals surface area (Å²) >= 11 is 0. The molecule has 2 saturated heterocycles. The summed E-state index contributed by atoms with van der Waals surface area (Å²) in [5, 5.41) is 3.59. The van der Waals surface area contributed by atoms with Gasteiger partial charge in [0.15, 0.2) is 0 Å². The van der Waals surface area contributed by atoms with E-state index in [0.717, 1.165) is 43.4 Å². The maximum atomic E-state index is 5.71. The average molecular weight is 290 g/mol. The van der Waals surface area contributed by atoms with Gasteiger partial charge in [0.25, 0.3) is 0 Å². The summed E-state index contributed by atoms with van der Waals surface area (Å²) in [5.41, 5.74) is 1.13. The molecule has 1 aromatic heterocycles. The number of nitrogens with one attached hydrogen (secondary N) is 1. The van der Waals surface area contributed by atoms with Crippen LogP contribution >= 0.6 is 0 Å². The van der Waals surface area contributed by atoms with Gasteiger partial charge >= 0.3 is 0 Å². The third kappa shape index (κ3) is 3.52. The van der Waals surface area contributed by atoms with Gasteiger partial charge in [0.1, 0.15) is 11.6 Å². The van der Waals surface area contributed by atoms with Gasteiger partial charge in [0.05, 0.1) is 25.3 Å². The van der Waals surface area contributed by atoms with Crippen molar-refractivity contribution in [2.45, 2.75) is 51.6 Å². The van der Waals surface area contributed by atoms with Crippen LogP contribution in [-0.4, -0.2) is 53.3 Å². The first-order chi connectivity index (χ1) is 10.3. The monoisotopic (exact) mass is 290 g/mol. The maximum absolute atomic E-state index is 5.71. The quantitative estimate of drug-likeness (QED) is 0.899. The molecule has 5 nitrogen and oxygen atoms in total. The molecule has 0 aliphatic carbocycles. The van der Waals surface area contributed by atoms with Gasteiger partial charge in [-0.25, -0.2) is 9.97 Å². The fourth-order valence-electron chi connectivity index (χ4n) is 3.39. The van der Waals surface area contributed by atoms with Crippen LogP contribution in [0.5, 0.6) is 0 Å². The molecule has 21 heavy (non-hydrogen) atoms. The Morgan fingerprint density at radius 2 is 2.10 bits per heavy atom. The zero-order valence-corrected chi connectivity index (χ0v) is 13.1. The van der Waals surface area contributed by atoms with E-state index >= 15 is 0 Å². The molecule has 0 saturated carbocycles. The molecule has 1 aromatic rings. The van der Waals surface area contributed by atoms with Crippen LogP contribution in [-0.2, 0) is 11.2 Å². The van der Waals surface area contributed by atoms with Gasteiger partial charge in [0, 0.05) is 11.8 Å². The van der Waals surface area contributed by atoms with E-state index < -0.39 is 0 Å². The molecule has 2 atom stereocenters. The lowest BCUT2D eigenvalue weighted by Crippen LogP contribution is -2.45. The first-order valence-electron chi connectivity index (χ1n) is 8.19. The SMILES string of the molecule is CCCc1cc(N[C@H]2COC[C@@H]2N2CCCC2)nc(C)n1. The highest BCUT2D eigenvalue weighted by molar-refractivity contribution is 5.38. The summed E-state index contributed by atoms with van der Waals surface area (Å²) in [7, 11) is 0. The van der Waals surface area contributed by atoms with E-state index in [1.165, 1.54) is 25.9 Å². The molecule has 2 aliphatic heterocycles. The summed E-state index contributed by atoms with van der Waals surface area (Å²) in [5.74, 6) is 1.80. The molecular weight excluding hydrogens is 264 g/mol. The summed E-state index contributed by atoms with van der Waals surface area (Å²) in [4.78, 5) is 11.6. The van der Waals surface area contributed by atoms with Crippen LogP contribution in [0.1, 0.15) is 37.7 Å². The smallest absolute Gasteiger partial charge is 0.130 e. The largest absolute Gasteiger partial charge is 0.378 e. The number of hydrogen-bond donors (Lipinski definition) is 1. The van der Waals surface area contributed by atoms with Crippen LogP contribution in [0.4, 0.5) is 5.82 Å². The zero-order valence-electron chi connectivity index (χ0n) is 13.1. The van der Waals surface area contributed by atoms with Gasteiger partial charge < -0.3 is 10.1 Å². The van der Waals surface area contributed by atoms with E-state index in [2.05, 4.69) is 33.2 Å². The van der Waals surface area contributed by atoms with Crippen molar-refractivity contribution in [2.75, 3.05) is 31.6 Å². The predicted octanol–water partition coefficient (Wildman–Crippen LogP) is 2.01. The third-order valence-electron chi connectivity index (χ3n) is 4.39. The molecule has 0 spiro atoms. The van der Waals surface area contributed by atoms with E-state index in [-0.39, 0.29) is 0 Å². The fraction of sp³-hybridized carbons (Fsp3) is 0.750. The van der Waals surface area contributed by atoms with Crippen molar-refractivity contribution in [3.05, 3.63) is 17.6 Å². The third-order valence-corrected chi connectivity index (χ3v) is 4.39. The lowest BCUT2D eigenvalue weighted by atomic mass is 10.1. The second kappa shape index (κ2) is 6.71. The maximum Gasteiger partial charge on any atom is 0.130 e. The first-order valence-corrected chi connectivity index (χ1v) is 8.19. The second-order valence-corrected chi connectivity index (χ2v) is 6.14. The van der Waals surface area contributed by atoms with Crippen molar-refractivity contribution in [3.8, 4) is 0 Å². The van der Waals surface area contributed by atoms with Gasteiger partial charge in [0.2, 0.25) is 0 Å². The van der Waals surface area contributed by atoms with Crippen LogP contribution < -0.4 is 5.32 Å². The van der Waals surface area contributed by atoms with E-state index in [9.17, 15) is 0 Å². The molecule has 3 rings (SSSR count). The number of nitrogens with zero attached hydrogens (tertiary/aromatic N) is 3. The van der Waals surface area contributed by atoms with Gasteiger partial charge in [-0.05, 0) is 39.3 Å². The Balaban J connectivity index is 1.69. The molecule has 0 radical (unpaired) electrons. The van der Waals surface area contributed by atoms with Crippen LogP contribution in [0.2, 0.25) is 0 Å². The predicted molar refractivity (Wildman–Crippen MR) is 83.6 cm³/mol. The molecule has 0 unspecified atom stereocenters. The van der Waals surface area contributed by atoms with Gasteiger partial charge in [-0.2, -0.15) is 0 Å². The lowest BCUT2D eigenvalue weighted by molar-refractivity contribution is 0.159. The van der Waals surface area contributed by atoms with Crippen molar-refractivity contribution in [1.29, 1.82) is 0 Å². The molecule has 5 heteroatoms. The van der Waals surface area contributed by atoms with E-state index in [0.29, 0.717) is 12.1 Å². The number of likely N-dealkylation sites (tertiary alicyclic amines) is 1. The molecule has 2 fully saturated rings. The van der Waals surface area contributed by atoms with Crippen LogP contribution in [0, 0.1) is 6.92 Å². The molecule has 3 heterocycles. The average Bonchev–Trinajstić information content (AvgIpc) is 3.08. The minimum absolute atomic E-state index is 0.340. The fourth-order valence-corrected chi connectivity index (χ4v) is 3.39. The van der Waals surface area contributed by atoms with Gasteiger partial charge in [-0.15, -0.1) is 0 Å². The second-order valence-electron chi connectivity index (χ2n) is 6.14. The highest BCUT2D eigenvalue weighted by Crippen LogP contribution is 2.22. The molecule has 1 N–H and O–H groups in total. The van der Waals surface area contributed by atoms with E-state index in [1.807, 2.05) is 6.92 Å². The Hall–Kier alpha value is -1.20. The zero-order chi connectivity index (χ0) is 14.7. The van der Waals surface area contributed by atoms with Crippen molar-refractivity contribution in [1.82, 2.24) is 14.9 Å². The summed E-state index contributed by atoms with van der Waals surface area (Å²) < 4.78 is 5.71. The van der Waals surface area contributed by atoms with Crippen molar-refractivity contribution < 1.29 is 4.74 Å². The Bertz CT molecular complexity index is 473. The highest BCUT2D eigenvalue weighted by Gasteiger charge is 2.34. The van der Waals surface area contributed by atoms with Crippen LogP contribution in [0.25, 0.3) is 0 Å². The Labute approximate surface area is 127 Å². The summed E-state index contributed by atoms with van der Waals surface area (Å²) in [6, 6.07) is 2.92. The molecule has 0 aromatic carbocycles. The number of anilines is 1. The molecule has 0 bridgehead atoms. The number of aryl methyl sites for hydroxylation is 2. The van der Waals surface area contributed by atoms with E-state index in [1.54, 1.807) is 0 Å². The van der Waals surface area contributed by atoms with Gasteiger partial charge in [-0.3, -0.25) is 4.90 Å². The summed E-state index contributed by atoms with van der Waals surface area (Å²) in [6.07, 6.45) is 4.75. The normalized spacial score (nSPS) is 26.4. The standard InChI is InChI=1S/C16H26N4O/c1-3-6-13-9-16(18-12(2)17-13)19-14-10-21-11-15(14)20-7-4-5-8-20/h9,14-15H,3-8,10-11H2,1-2H3,(H,17,18,19)/t14-,15-/m0/s1. The molecular formula is C16H26N4O. The Morgan fingerprint density at radius 1 is 1.29 bits per heavy atom. The number of hydrogen-bond acceptors (Lipinski definition) is 5. The molecule has 0 amide bonds. The lowest BCUT2D eigenvalue weighted by Gasteiger charge is -2.28. The Kier molecular flexibility index (Phi) is 4.70. The van der Waals surface area contributed by atoms with Crippen molar-refractivity contribution >= 4 is 5.82 Å². The molecule has 2 aliphatic rings. The van der Waals surface area contributed by atoms with E-state index in [4.69, 9.17) is 4.74 Å². The number of aromatic nitrogens is 2. The first kappa shape index (κ1) is 14.7. The minimum atomic E-state index is 0.340. The summed E-state index contributed by atoms with van der Waals surface area (Å²) in [6.45, 7) is 8.16.